The van der Waals surface area contributed by atoms with Crippen LogP contribution in [0.4, 0.5) is 5.69 Å². The summed E-state index contributed by atoms with van der Waals surface area (Å²) in [4.78, 5) is 17.2. The number of nitrogens with zero attached hydrogens (tertiary/aromatic N) is 3. The van der Waals surface area contributed by atoms with Gasteiger partial charge in [0.25, 0.3) is 5.69 Å². The Kier molecular flexibility index (Phi) is 9.76. The van der Waals surface area contributed by atoms with Crippen molar-refractivity contribution in [1.82, 2.24) is 15.5 Å². The highest BCUT2D eigenvalue weighted by Gasteiger charge is 2.19. The minimum atomic E-state index is -0.360. The van der Waals surface area contributed by atoms with Gasteiger partial charge in [0.05, 0.1) is 4.92 Å². The number of hydrogen-bond acceptors (Lipinski definition) is 4. The number of guanidine groups is 1. The molecule has 0 aliphatic carbocycles. The monoisotopic (exact) mass is 389 g/mol. The van der Waals surface area contributed by atoms with Gasteiger partial charge >= 0.3 is 0 Å². The Hall–Kier alpha value is -2.15. The van der Waals surface area contributed by atoms with E-state index in [-0.39, 0.29) is 10.6 Å². The number of aliphatic imine (C=N–C) groups is 1. The van der Waals surface area contributed by atoms with E-state index in [2.05, 4.69) is 27.4 Å². The van der Waals surface area contributed by atoms with Crippen molar-refractivity contribution in [3.05, 3.63) is 39.9 Å². The summed E-state index contributed by atoms with van der Waals surface area (Å²) in [5.41, 5.74) is 1.29. The molecule has 1 aromatic rings. The Morgan fingerprint density at radius 3 is 2.54 bits per heavy atom. The molecule has 0 amide bonds. The summed E-state index contributed by atoms with van der Waals surface area (Å²) in [6, 6.07) is 7.35. The second-order valence-electron chi connectivity index (χ2n) is 7.49. The van der Waals surface area contributed by atoms with Crippen LogP contribution in [0.5, 0.6) is 0 Å². The molecule has 1 aliphatic heterocycles. The molecule has 156 valence electrons. The predicted molar refractivity (Wildman–Crippen MR) is 115 cm³/mol. The molecule has 1 aliphatic rings. The fourth-order valence-electron chi connectivity index (χ4n) is 3.52. The number of nitro benzene ring substituents is 1. The zero-order chi connectivity index (χ0) is 20.2. The van der Waals surface area contributed by atoms with E-state index in [0.29, 0.717) is 6.04 Å². The third kappa shape index (κ3) is 7.84. The minimum Gasteiger partial charge on any atom is -0.356 e. The van der Waals surface area contributed by atoms with Crippen LogP contribution in [0.2, 0.25) is 0 Å². The molecule has 28 heavy (non-hydrogen) atoms. The van der Waals surface area contributed by atoms with E-state index in [0.717, 1.165) is 37.3 Å². The molecule has 2 rings (SSSR count). The minimum absolute atomic E-state index is 0.150. The average molecular weight is 390 g/mol. The molecule has 1 aromatic carbocycles. The lowest BCUT2D eigenvalue weighted by Gasteiger charge is -2.33. The van der Waals surface area contributed by atoms with Crippen molar-refractivity contribution >= 4 is 11.6 Å². The predicted octanol–water partition coefficient (Wildman–Crippen LogP) is 3.35. The number of non-ortho nitro benzene ring substituents is 1. The van der Waals surface area contributed by atoms with Crippen LogP contribution >= 0.6 is 0 Å². The highest BCUT2D eigenvalue weighted by atomic mass is 16.6. The number of unbranched alkanes of at least 4 members (excludes halogenated alkanes) is 2. The van der Waals surface area contributed by atoms with Gasteiger partial charge in [0.1, 0.15) is 0 Å². The number of hydrogen-bond donors (Lipinski definition) is 2. The van der Waals surface area contributed by atoms with E-state index in [4.69, 9.17) is 0 Å². The van der Waals surface area contributed by atoms with Gasteiger partial charge in [-0.3, -0.25) is 15.1 Å². The van der Waals surface area contributed by atoms with Crippen LogP contribution in [0, 0.1) is 10.1 Å². The molecule has 7 heteroatoms. The first-order chi connectivity index (χ1) is 13.6. The maximum Gasteiger partial charge on any atom is 0.269 e. The lowest BCUT2D eigenvalue weighted by Crippen LogP contribution is -2.48. The number of aryl methyl sites for hydroxylation is 1. The molecule has 0 aromatic heterocycles. The number of piperidine rings is 1. The summed E-state index contributed by atoms with van der Waals surface area (Å²) in [6.45, 7) is 6.69. The van der Waals surface area contributed by atoms with Gasteiger partial charge in [-0.1, -0.05) is 25.5 Å². The largest absolute Gasteiger partial charge is 0.356 e. The lowest BCUT2D eigenvalue weighted by molar-refractivity contribution is -0.384. The van der Waals surface area contributed by atoms with E-state index < -0.39 is 0 Å². The van der Waals surface area contributed by atoms with Gasteiger partial charge in [-0.15, -0.1) is 0 Å². The van der Waals surface area contributed by atoms with Crippen molar-refractivity contribution in [2.45, 2.75) is 57.9 Å². The maximum atomic E-state index is 10.7. The Morgan fingerprint density at radius 1 is 1.21 bits per heavy atom. The van der Waals surface area contributed by atoms with Gasteiger partial charge < -0.3 is 15.5 Å². The van der Waals surface area contributed by atoms with Gasteiger partial charge in [-0.05, 0) is 50.6 Å². The summed E-state index contributed by atoms with van der Waals surface area (Å²) < 4.78 is 0. The van der Waals surface area contributed by atoms with E-state index in [1.54, 1.807) is 12.1 Å². The van der Waals surface area contributed by atoms with Gasteiger partial charge in [0.2, 0.25) is 0 Å². The first-order valence-electron chi connectivity index (χ1n) is 10.5. The van der Waals surface area contributed by atoms with E-state index in [9.17, 15) is 10.1 Å². The number of nitrogens with one attached hydrogen (secondary N) is 2. The van der Waals surface area contributed by atoms with Crippen LogP contribution in [0.25, 0.3) is 0 Å². The zero-order valence-electron chi connectivity index (χ0n) is 17.3. The van der Waals surface area contributed by atoms with Crippen molar-refractivity contribution in [2.75, 3.05) is 33.2 Å². The van der Waals surface area contributed by atoms with Gasteiger partial charge in [0, 0.05) is 44.9 Å². The third-order valence-corrected chi connectivity index (χ3v) is 5.31. The van der Waals surface area contributed by atoms with E-state index >= 15 is 0 Å². The van der Waals surface area contributed by atoms with Crippen LogP contribution in [0.1, 0.15) is 51.0 Å². The topological polar surface area (TPSA) is 82.8 Å². The third-order valence-electron chi connectivity index (χ3n) is 5.31. The van der Waals surface area contributed by atoms with Crippen LogP contribution < -0.4 is 10.6 Å². The van der Waals surface area contributed by atoms with Crippen LogP contribution in [0.3, 0.4) is 0 Å². The number of nitro groups is 1. The zero-order valence-corrected chi connectivity index (χ0v) is 17.3. The van der Waals surface area contributed by atoms with Crippen molar-refractivity contribution in [2.24, 2.45) is 4.99 Å². The van der Waals surface area contributed by atoms with Gasteiger partial charge in [0.15, 0.2) is 5.96 Å². The molecule has 0 saturated carbocycles. The fraction of sp³-hybridized carbons (Fsp3) is 0.667. The molecule has 1 fully saturated rings. The molecule has 0 spiro atoms. The number of likely N-dealkylation sites (tertiary alicyclic amines) is 1. The van der Waals surface area contributed by atoms with Crippen LogP contribution in [-0.2, 0) is 6.42 Å². The molecule has 7 nitrogen and oxygen atoms in total. The van der Waals surface area contributed by atoms with Crippen LogP contribution in [0.15, 0.2) is 29.3 Å². The summed E-state index contributed by atoms with van der Waals surface area (Å²) >= 11 is 0. The normalized spacial score (nSPS) is 16.1. The molecule has 0 unspecified atom stereocenters. The molecule has 0 radical (unpaired) electrons. The van der Waals surface area contributed by atoms with Gasteiger partial charge in [-0.25, -0.2) is 0 Å². The highest BCUT2D eigenvalue weighted by Crippen LogP contribution is 2.14. The van der Waals surface area contributed by atoms with Crippen molar-refractivity contribution < 1.29 is 4.92 Å². The molecule has 0 bridgehead atoms. The fourth-order valence-corrected chi connectivity index (χ4v) is 3.52. The summed E-state index contributed by atoms with van der Waals surface area (Å²) in [6.07, 6.45) is 7.90. The summed E-state index contributed by atoms with van der Waals surface area (Å²) in [5.74, 6) is 0.891. The highest BCUT2D eigenvalue weighted by molar-refractivity contribution is 5.79. The lowest BCUT2D eigenvalue weighted by atomic mass is 10.0. The first kappa shape index (κ1) is 22.1. The molecule has 2 N–H and O–H groups in total. The standard InChI is InChI=1S/C21H35N5O2/c1-3-4-15-25-16-12-19(13-17-25)24-21(22-2)23-14-6-5-7-18-8-10-20(11-9-18)26(27)28/h8-11,19H,3-7,12-17H2,1-2H3,(H2,22,23,24). The first-order valence-corrected chi connectivity index (χ1v) is 10.5. The van der Waals surface area contributed by atoms with Gasteiger partial charge in [-0.2, -0.15) is 0 Å². The number of benzene rings is 1. The summed E-state index contributed by atoms with van der Waals surface area (Å²) in [7, 11) is 1.82. The van der Waals surface area contributed by atoms with E-state index in [1.165, 1.54) is 45.3 Å². The molecule has 0 atom stereocenters. The summed E-state index contributed by atoms with van der Waals surface area (Å²) in [5, 5.41) is 17.6. The van der Waals surface area contributed by atoms with E-state index in [1.807, 2.05) is 19.2 Å². The van der Waals surface area contributed by atoms with Crippen molar-refractivity contribution in [3.63, 3.8) is 0 Å². The smallest absolute Gasteiger partial charge is 0.269 e. The van der Waals surface area contributed by atoms with Crippen molar-refractivity contribution in [1.29, 1.82) is 0 Å². The van der Waals surface area contributed by atoms with Crippen LogP contribution in [-0.4, -0.2) is 55.1 Å². The second kappa shape index (κ2) is 12.3. The SMILES string of the molecule is CCCCN1CCC(NC(=NC)NCCCCc2ccc([N+](=O)[O-])cc2)CC1. The quantitative estimate of drug-likeness (QED) is 0.211. The average Bonchev–Trinajstić information content (AvgIpc) is 2.72. The Morgan fingerprint density at radius 2 is 1.93 bits per heavy atom. The molecule has 1 heterocycles. The molecular weight excluding hydrogens is 354 g/mol. The molecule has 1 saturated heterocycles. The second-order valence-corrected chi connectivity index (χ2v) is 7.49. The Bertz CT molecular complexity index is 610. The molecular formula is C21H35N5O2. The number of rotatable bonds is 10. The van der Waals surface area contributed by atoms with Crippen molar-refractivity contribution in [3.8, 4) is 0 Å². The Labute approximate surface area is 168 Å². The Balaban J connectivity index is 1.59. The maximum absolute atomic E-state index is 10.7.